The van der Waals surface area contributed by atoms with Crippen LogP contribution in [0.1, 0.15) is 6.92 Å². The van der Waals surface area contributed by atoms with E-state index >= 15 is 0 Å². The lowest BCUT2D eigenvalue weighted by molar-refractivity contribution is -0.115. The van der Waals surface area contributed by atoms with Gasteiger partial charge in [-0.05, 0) is 61.5 Å². The highest BCUT2D eigenvalue weighted by Crippen LogP contribution is 2.31. The van der Waals surface area contributed by atoms with E-state index in [1.54, 1.807) is 25.3 Å². The summed E-state index contributed by atoms with van der Waals surface area (Å²) in [5.41, 5.74) is 3.37. The van der Waals surface area contributed by atoms with Crippen LogP contribution in [0, 0.1) is 0 Å². The third-order valence-electron chi connectivity index (χ3n) is 5.43. The smallest absolute Gasteiger partial charge is 0.323 e. The quantitative estimate of drug-likeness (QED) is 0.296. The molecular weight excluding hydrogens is 464 g/mol. The number of aromatic nitrogens is 5. The van der Waals surface area contributed by atoms with Gasteiger partial charge in [-0.25, -0.2) is 4.79 Å². The van der Waals surface area contributed by atoms with E-state index in [0.29, 0.717) is 27.7 Å². The van der Waals surface area contributed by atoms with Crippen LogP contribution < -0.4 is 15.7 Å². The number of rotatable bonds is 7. The Morgan fingerprint density at radius 1 is 1.00 bits per heavy atom. The van der Waals surface area contributed by atoms with Crippen molar-refractivity contribution in [2.75, 3.05) is 12.4 Å². The first-order valence-corrected chi connectivity index (χ1v) is 11.7. The number of amides is 1. The number of carbonyl (C=O) groups excluding carboxylic acids is 1. The van der Waals surface area contributed by atoms with E-state index in [2.05, 4.69) is 25.5 Å². The highest BCUT2D eigenvalue weighted by atomic mass is 32.2. The molecule has 0 aliphatic rings. The van der Waals surface area contributed by atoms with Gasteiger partial charge < -0.3 is 20.0 Å². The Bertz CT molecular complexity index is 1540. The Balaban J connectivity index is 1.41. The summed E-state index contributed by atoms with van der Waals surface area (Å²) < 4.78 is 7.20. The molecule has 0 saturated heterocycles. The topological polar surface area (TPSA) is 118 Å². The van der Waals surface area contributed by atoms with Crippen molar-refractivity contribution >= 4 is 34.4 Å². The highest BCUT2D eigenvalue weighted by molar-refractivity contribution is 8.00. The second-order valence-corrected chi connectivity index (χ2v) is 9.10. The van der Waals surface area contributed by atoms with E-state index in [4.69, 9.17) is 4.74 Å². The van der Waals surface area contributed by atoms with Gasteiger partial charge in [0.25, 0.3) is 0 Å². The van der Waals surface area contributed by atoms with Gasteiger partial charge in [-0.3, -0.25) is 9.36 Å². The van der Waals surface area contributed by atoms with Crippen molar-refractivity contribution in [3.05, 3.63) is 83.3 Å². The third-order valence-corrected chi connectivity index (χ3v) is 6.47. The Morgan fingerprint density at radius 3 is 2.49 bits per heavy atom. The molecule has 0 saturated carbocycles. The molecule has 35 heavy (non-hydrogen) atoms. The predicted molar refractivity (Wildman–Crippen MR) is 136 cm³/mol. The summed E-state index contributed by atoms with van der Waals surface area (Å²) in [4.78, 5) is 29.8. The molecule has 0 aliphatic heterocycles. The monoisotopic (exact) mass is 486 g/mol. The number of hydrogen-bond acceptors (Lipinski definition) is 6. The van der Waals surface area contributed by atoms with Crippen molar-refractivity contribution in [3.8, 4) is 22.8 Å². The summed E-state index contributed by atoms with van der Waals surface area (Å²) in [7, 11) is 1.62. The van der Waals surface area contributed by atoms with Gasteiger partial charge in [-0.15, -0.1) is 10.2 Å². The number of hydrogen-bond donors (Lipinski definition) is 3. The van der Waals surface area contributed by atoms with Gasteiger partial charge >= 0.3 is 5.69 Å². The number of aromatic amines is 2. The lowest BCUT2D eigenvalue weighted by atomic mass is 10.2. The summed E-state index contributed by atoms with van der Waals surface area (Å²) >= 11 is 1.31. The van der Waals surface area contributed by atoms with Crippen LogP contribution in [0.4, 0.5) is 5.69 Å². The first-order chi connectivity index (χ1) is 17.0. The second-order valence-electron chi connectivity index (χ2n) is 7.79. The molecule has 0 fully saturated rings. The molecule has 3 N–H and O–H groups in total. The number of methoxy groups -OCH3 is 1. The van der Waals surface area contributed by atoms with Gasteiger partial charge in [-0.2, -0.15) is 0 Å². The van der Waals surface area contributed by atoms with Crippen LogP contribution in [0.2, 0.25) is 0 Å². The summed E-state index contributed by atoms with van der Waals surface area (Å²) in [5, 5.41) is 11.9. The largest absolute Gasteiger partial charge is 0.497 e. The summed E-state index contributed by atoms with van der Waals surface area (Å²) in [6.45, 7) is 1.81. The fourth-order valence-electron chi connectivity index (χ4n) is 3.65. The van der Waals surface area contributed by atoms with E-state index in [1.807, 2.05) is 66.1 Å². The Labute approximate surface area is 204 Å². The first-order valence-electron chi connectivity index (χ1n) is 10.9. The lowest BCUT2D eigenvalue weighted by Gasteiger charge is -2.14. The normalized spacial score (nSPS) is 11.9. The van der Waals surface area contributed by atoms with E-state index in [1.165, 1.54) is 11.8 Å². The van der Waals surface area contributed by atoms with Crippen molar-refractivity contribution in [3.63, 3.8) is 0 Å². The Kier molecular flexibility index (Phi) is 6.11. The van der Waals surface area contributed by atoms with Crippen LogP contribution in [-0.2, 0) is 4.79 Å². The maximum absolute atomic E-state index is 13.0. The number of benzene rings is 3. The molecule has 1 unspecified atom stereocenters. The highest BCUT2D eigenvalue weighted by Gasteiger charge is 2.22. The first kappa shape index (κ1) is 22.5. The van der Waals surface area contributed by atoms with Gasteiger partial charge in [0.15, 0.2) is 11.0 Å². The predicted octanol–water partition coefficient (Wildman–Crippen LogP) is 4.23. The van der Waals surface area contributed by atoms with Crippen molar-refractivity contribution in [2.45, 2.75) is 17.3 Å². The van der Waals surface area contributed by atoms with Crippen LogP contribution in [0.15, 0.2) is 82.7 Å². The van der Waals surface area contributed by atoms with E-state index in [9.17, 15) is 9.59 Å². The number of anilines is 1. The van der Waals surface area contributed by atoms with Crippen LogP contribution in [0.3, 0.4) is 0 Å². The van der Waals surface area contributed by atoms with Crippen LogP contribution in [0.5, 0.6) is 5.75 Å². The molecule has 5 rings (SSSR count). The molecule has 3 aromatic carbocycles. The minimum Gasteiger partial charge on any atom is -0.497 e. The zero-order chi connectivity index (χ0) is 24.4. The molecule has 5 aromatic rings. The average Bonchev–Trinajstić information content (AvgIpc) is 3.46. The number of ether oxygens (including phenoxy) is 1. The minimum absolute atomic E-state index is 0.194. The maximum atomic E-state index is 13.0. The molecule has 0 radical (unpaired) electrons. The molecule has 0 aliphatic carbocycles. The van der Waals surface area contributed by atoms with E-state index in [0.717, 1.165) is 17.0 Å². The molecule has 176 valence electrons. The van der Waals surface area contributed by atoms with Gasteiger partial charge in [0.05, 0.1) is 23.4 Å². The van der Waals surface area contributed by atoms with Crippen molar-refractivity contribution < 1.29 is 9.53 Å². The average molecular weight is 487 g/mol. The Hall–Kier alpha value is -4.31. The number of H-pyrrole nitrogens is 2. The van der Waals surface area contributed by atoms with Gasteiger partial charge in [-0.1, -0.05) is 30.0 Å². The number of nitrogens with one attached hydrogen (secondary N) is 3. The summed E-state index contributed by atoms with van der Waals surface area (Å²) in [5.74, 6) is 1.22. The molecule has 10 heteroatoms. The van der Waals surface area contributed by atoms with Crippen LogP contribution in [0.25, 0.3) is 28.1 Å². The standard InChI is InChI=1S/C25H22N6O3S/c1-15(23(32)26-17-10-13-20-21(14-17)28-24(33)27-20)35-25-30-29-22(16-8-11-19(34-2)12-9-16)31(25)18-6-4-3-5-7-18/h3-15H,1-2H3,(H,26,32)(H2,27,28,33). The van der Waals surface area contributed by atoms with Gasteiger partial charge in [0.2, 0.25) is 5.91 Å². The Morgan fingerprint density at radius 2 is 1.74 bits per heavy atom. The number of imidazole rings is 1. The van der Waals surface area contributed by atoms with Crippen LogP contribution in [-0.4, -0.2) is 43.0 Å². The molecule has 9 nitrogen and oxygen atoms in total. The number of para-hydroxylation sites is 1. The lowest BCUT2D eigenvalue weighted by Crippen LogP contribution is -2.22. The fourth-order valence-corrected chi connectivity index (χ4v) is 4.52. The number of fused-ring (bicyclic) bond motifs is 1. The SMILES string of the molecule is COc1ccc(-c2nnc(SC(C)C(=O)Nc3ccc4[nH]c(=O)[nH]c4c3)n2-c2ccccc2)cc1. The molecule has 0 spiro atoms. The zero-order valence-corrected chi connectivity index (χ0v) is 19.8. The summed E-state index contributed by atoms with van der Waals surface area (Å²) in [6.07, 6.45) is 0. The fraction of sp³-hybridized carbons (Fsp3) is 0.120. The van der Waals surface area contributed by atoms with Crippen LogP contribution >= 0.6 is 11.8 Å². The molecule has 2 heterocycles. The molecular formula is C25H22N6O3S. The number of carbonyl (C=O) groups is 1. The van der Waals surface area contributed by atoms with E-state index < -0.39 is 5.25 Å². The minimum atomic E-state index is -0.466. The third kappa shape index (κ3) is 4.69. The summed E-state index contributed by atoms with van der Waals surface area (Å²) in [6, 6.07) is 22.6. The van der Waals surface area contributed by atoms with Crippen molar-refractivity contribution in [2.24, 2.45) is 0 Å². The van der Waals surface area contributed by atoms with Crippen molar-refractivity contribution in [1.82, 2.24) is 24.7 Å². The van der Waals surface area contributed by atoms with E-state index in [-0.39, 0.29) is 11.6 Å². The number of nitrogens with zero attached hydrogens (tertiary/aromatic N) is 3. The van der Waals surface area contributed by atoms with Crippen molar-refractivity contribution in [1.29, 1.82) is 0 Å². The molecule has 0 bridgehead atoms. The molecule has 1 amide bonds. The second kappa shape index (κ2) is 9.51. The number of thioether (sulfide) groups is 1. The van der Waals surface area contributed by atoms with Gasteiger partial charge in [0, 0.05) is 16.9 Å². The zero-order valence-electron chi connectivity index (χ0n) is 19.0. The maximum Gasteiger partial charge on any atom is 0.323 e. The molecule has 2 aromatic heterocycles. The van der Waals surface area contributed by atoms with Gasteiger partial charge in [0.1, 0.15) is 5.75 Å². The molecule has 1 atom stereocenters.